The highest BCUT2D eigenvalue weighted by Gasteiger charge is 2.29. The minimum absolute atomic E-state index is 0.939. The van der Waals surface area contributed by atoms with E-state index in [9.17, 15) is 0 Å². The molecular weight excluding hydrogens is 192 g/mol. The Kier molecular flexibility index (Phi) is 3.89. The highest BCUT2D eigenvalue weighted by Crippen LogP contribution is 2.44. The van der Waals surface area contributed by atoms with E-state index in [4.69, 9.17) is 0 Å². The summed E-state index contributed by atoms with van der Waals surface area (Å²) < 4.78 is 0. The third-order valence-electron chi connectivity index (χ3n) is 4.35. The van der Waals surface area contributed by atoms with Crippen LogP contribution in [-0.2, 0) is 0 Å². The molecule has 2 aliphatic rings. The first-order valence-electron chi connectivity index (χ1n) is 7.05. The molecule has 0 N–H and O–H groups in total. The van der Waals surface area contributed by atoms with Crippen molar-refractivity contribution in [2.45, 2.75) is 59.3 Å². The Hall–Kier alpha value is -0.520. The van der Waals surface area contributed by atoms with Crippen LogP contribution < -0.4 is 0 Å². The summed E-state index contributed by atoms with van der Waals surface area (Å²) in [5, 5.41) is 0. The van der Waals surface area contributed by atoms with Gasteiger partial charge in [-0.05, 0) is 36.7 Å². The summed E-state index contributed by atoms with van der Waals surface area (Å²) in [4.78, 5) is 0. The lowest BCUT2D eigenvalue weighted by Gasteiger charge is -2.31. The number of allylic oxidation sites excluding steroid dienone is 4. The van der Waals surface area contributed by atoms with Crippen LogP contribution in [0.2, 0.25) is 0 Å². The van der Waals surface area contributed by atoms with Gasteiger partial charge in [0, 0.05) is 6.42 Å². The molecule has 0 aromatic heterocycles. The number of rotatable bonds is 4. The van der Waals surface area contributed by atoms with E-state index >= 15 is 0 Å². The molecule has 0 amide bonds. The van der Waals surface area contributed by atoms with Gasteiger partial charge in [-0.2, -0.15) is 0 Å². The summed E-state index contributed by atoms with van der Waals surface area (Å²) >= 11 is 0. The van der Waals surface area contributed by atoms with E-state index in [1.807, 2.05) is 0 Å². The van der Waals surface area contributed by atoms with Gasteiger partial charge < -0.3 is 0 Å². The molecular formula is C16H25. The summed E-state index contributed by atoms with van der Waals surface area (Å²) in [5.41, 5.74) is 4.92. The smallest absolute Gasteiger partial charge is 0.0119 e. The van der Waals surface area contributed by atoms with Crippen molar-refractivity contribution >= 4 is 0 Å². The topological polar surface area (TPSA) is 0 Å². The second-order valence-corrected chi connectivity index (χ2v) is 5.41. The Morgan fingerprint density at radius 2 is 1.62 bits per heavy atom. The lowest BCUT2D eigenvalue weighted by Crippen LogP contribution is -2.19. The van der Waals surface area contributed by atoms with Gasteiger partial charge in [-0.25, -0.2) is 0 Å². The SMILES string of the molecule is CCCC1=CC2=C([CH]1)CC(CC)C(CC)C2. The van der Waals surface area contributed by atoms with Gasteiger partial charge in [0.15, 0.2) is 0 Å². The molecule has 1 radical (unpaired) electrons. The molecule has 2 atom stereocenters. The first kappa shape index (κ1) is 12.0. The molecule has 0 nitrogen and oxygen atoms in total. The van der Waals surface area contributed by atoms with E-state index in [-0.39, 0.29) is 0 Å². The van der Waals surface area contributed by atoms with Gasteiger partial charge in [-0.1, -0.05) is 57.3 Å². The van der Waals surface area contributed by atoms with E-state index in [2.05, 4.69) is 33.3 Å². The maximum atomic E-state index is 2.48. The third-order valence-corrected chi connectivity index (χ3v) is 4.35. The molecule has 0 heterocycles. The Labute approximate surface area is 101 Å². The molecule has 2 unspecified atom stereocenters. The highest BCUT2D eigenvalue weighted by molar-refractivity contribution is 5.49. The van der Waals surface area contributed by atoms with Crippen molar-refractivity contribution in [2.24, 2.45) is 11.8 Å². The van der Waals surface area contributed by atoms with E-state index < -0.39 is 0 Å². The number of hydrogen-bond donors (Lipinski definition) is 0. The molecule has 2 aliphatic carbocycles. The van der Waals surface area contributed by atoms with Gasteiger partial charge in [-0.3, -0.25) is 0 Å². The summed E-state index contributed by atoms with van der Waals surface area (Å²) in [5.74, 6) is 1.88. The molecule has 0 aliphatic heterocycles. The second-order valence-electron chi connectivity index (χ2n) is 5.41. The lowest BCUT2D eigenvalue weighted by atomic mass is 9.74. The molecule has 0 bridgehead atoms. The predicted octanol–water partition coefficient (Wildman–Crippen LogP) is 5.07. The maximum Gasteiger partial charge on any atom is 0.0119 e. The van der Waals surface area contributed by atoms with Crippen molar-refractivity contribution < 1.29 is 0 Å². The predicted molar refractivity (Wildman–Crippen MR) is 71.1 cm³/mol. The van der Waals surface area contributed by atoms with Crippen molar-refractivity contribution in [1.82, 2.24) is 0 Å². The molecule has 0 heteroatoms. The van der Waals surface area contributed by atoms with Crippen molar-refractivity contribution in [3.63, 3.8) is 0 Å². The van der Waals surface area contributed by atoms with Crippen LogP contribution in [0.25, 0.3) is 0 Å². The normalized spacial score (nSPS) is 29.3. The standard InChI is InChI=1S/C16H25/c1-4-7-12-8-15-10-13(5-2)14(6-3)11-16(15)9-12/h8-9,13-14H,4-7,10-11H2,1-3H3. The Morgan fingerprint density at radius 3 is 2.19 bits per heavy atom. The van der Waals surface area contributed by atoms with Gasteiger partial charge in [0.1, 0.15) is 0 Å². The Bertz CT molecular complexity index is 306. The number of hydrogen-bond acceptors (Lipinski definition) is 0. The van der Waals surface area contributed by atoms with E-state index in [1.165, 1.54) is 38.5 Å². The zero-order chi connectivity index (χ0) is 11.5. The molecule has 0 aromatic carbocycles. The summed E-state index contributed by atoms with van der Waals surface area (Å²) in [6.45, 7) is 6.98. The maximum absolute atomic E-state index is 2.48. The highest BCUT2D eigenvalue weighted by atomic mass is 14.3. The molecule has 0 saturated heterocycles. The summed E-state index contributed by atoms with van der Waals surface area (Å²) in [6, 6.07) is 0. The average Bonchev–Trinajstić information content (AvgIpc) is 2.68. The van der Waals surface area contributed by atoms with Crippen molar-refractivity contribution in [3.8, 4) is 0 Å². The van der Waals surface area contributed by atoms with E-state index in [1.54, 1.807) is 16.7 Å². The Balaban J connectivity index is 2.06. The van der Waals surface area contributed by atoms with Crippen molar-refractivity contribution in [2.75, 3.05) is 0 Å². The molecule has 0 spiro atoms. The molecule has 0 fully saturated rings. The lowest BCUT2D eigenvalue weighted by molar-refractivity contribution is 0.294. The zero-order valence-corrected chi connectivity index (χ0v) is 11.1. The van der Waals surface area contributed by atoms with Crippen molar-refractivity contribution in [1.29, 1.82) is 0 Å². The third kappa shape index (κ3) is 2.26. The first-order valence-corrected chi connectivity index (χ1v) is 7.05. The van der Waals surface area contributed by atoms with Crippen LogP contribution in [0.3, 0.4) is 0 Å². The van der Waals surface area contributed by atoms with Gasteiger partial charge in [-0.15, -0.1) is 0 Å². The monoisotopic (exact) mass is 217 g/mol. The van der Waals surface area contributed by atoms with Crippen LogP contribution >= 0.6 is 0 Å². The minimum Gasteiger partial charge on any atom is -0.0651 e. The van der Waals surface area contributed by atoms with E-state index in [0.29, 0.717) is 0 Å². The molecule has 16 heavy (non-hydrogen) atoms. The molecule has 2 rings (SSSR count). The average molecular weight is 217 g/mol. The van der Waals surface area contributed by atoms with Gasteiger partial charge in [0.25, 0.3) is 0 Å². The quantitative estimate of drug-likeness (QED) is 0.616. The summed E-state index contributed by atoms with van der Waals surface area (Å²) in [7, 11) is 0. The van der Waals surface area contributed by atoms with Gasteiger partial charge >= 0.3 is 0 Å². The summed E-state index contributed by atoms with van der Waals surface area (Å²) in [6.07, 6.45) is 12.9. The largest absolute Gasteiger partial charge is 0.0651 e. The van der Waals surface area contributed by atoms with Crippen molar-refractivity contribution in [3.05, 3.63) is 29.2 Å². The first-order chi connectivity index (χ1) is 7.78. The fraction of sp³-hybridized carbons (Fsp3) is 0.688. The second kappa shape index (κ2) is 5.21. The molecule has 0 aromatic rings. The van der Waals surface area contributed by atoms with Crippen LogP contribution in [0, 0.1) is 18.3 Å². The van der Waals surface area contributed by atoms with Crippen LogP contribution in [0.15, 0.2) is 22.8 Å². The van der Waals surface area contributed by atoms with Crippen LogP contribution in [0.1, 0.15) is 59.3 Å². The fourth-order valence-corrected chi connectivity index (χ4v) is 3.34. The van der Waals surface area contributed by atoms with Crippen LogP contribution in [0.5, 0.6) is 0 Å². The van der Waals surface area contributed by atoms with Gasteiger partial charge in [0.05, 0.1) is 0 Å². The minimum atomic E-state index is 0.939. The molecule has 89 valence electrons. The molecule has 0 saturated carbocycles. The van der Waals surface area contributed by atoms with Crippen LogP contribution in [-0.4, -0.2) is 0 Å². The van der Waals surface area contributed by atoms with Gasteiger partial charge in [0.2, 0.25) is 0 Å². The zero-order valence-electron chi connectivity index (χ0n) is 11.1. The van der Waals surface area contributed by atoms with Crippen LogP contribution in [0.4, 0.5) is 0 Å². The van der Waals surface area contributed by atoms with E-state index in [0.717, 1.165) is 11.8 Å². The fourth-order valence-electron chi connectivity index (χ4n) is 3.34. The Morgan fingerprint density at radius 1 is 1.00 bits per heavy atom.